The number of nitrogens with zero attached hydrogens (tertiary/aromatic N) is 3. The first-order valence-electron chi connectivity index (χ1n) is 13.2. The number of anilines is 2. The molecule has 1 aliphatic rings. The molecule has 0 spiro atoms. The molecule has 0 unspecified atom stereocenters. The minimum absolute atomic E-state index is 0.0997. The smallest absolute Gasteiger partial charge is 0.278 e. The van der Waals surface area contributed by atoms with Gasteiger partial charge < -0.3 is 19.7 Å². The van der Waals surface area contributed by atoms with Gasteiger partial charge >= 0.3 is 0 Å². The van der Waals surface area contributed by atoms with E-state index < -0.39 is 0 Å². The highest BCUT2D eigenvalue weighted by molar-refractivity contribution is 6.15. The summed E-state index contributed by atoms with van der Waals surface area (Å²) in [6.07, 6.45) is 5.71. The Hall–Kier alpha value is -4.36. The van der Waals surface area contributed by atoms with Crippen molar-refractivity contribution < 1.29 is 14.7 Å². The minimum Gasteiger partial charge on any atom is -0.508 e. The second-order valence-corrected chi connectivity index (χ2v) is 9.21. The minimum atomic E-state index is -0.294. The predicted octanol–water partition coefficient (Wildman–Crippen LogP) is 7.15. The lowest BCUT2D eigenvalue weighted by atomic mass is 9.95. The lowest BCUT2D eigenvalue weighted by Gasteiger charge is -2.18. The summed E-state index contributed by atoms with van der Waals surface area (Å²) in [6, 6.07) is 18.0. The molecule has 0 fully saturated rings. The fraction of sp³-hybridized carbons (Fsp3) is 0.219. The Balaban J connectivity index is 0.000000886. The topological polar surface area (TPSA) is 86.9 Å². The number of aryl methyl sites for hydroxylation is 2. The summed E-state index contributed by atoms with van der Waals surface area (Å²) in [6.45, 7) is 8.82. The number of aromatic nitrogens is 2. The Morgan fingerprint density at radius 1 is 0.950 bits per heavy atom. The summed E-state index contributed by atoms with van der Waals surface area (Å²) >= 11 is 4.64. The summed E-state index contributed by atoms with van der Waals surface area (Å²) in [7, 11) is 0. The predicted molar refractivity (Wildman–Crippen MR) is 163 cm³/mol. The maximum absolute atomic E-state index is 13.5. The molecule has 5 aromatic rings. The summed E-state index contributed by atoms with van der Waals surface area (Å²) in [4.78, 5) is 32.5. The molecule has 0 aliphatic carbocycles. The molecule has 0 saturated carbocycles. The van der Waals surface area contributed by atoms with Crippen molar-refractivity contribution in [2.24, 2.45) is 0 Å². The molecule has 2 N–H and O–H groups in total. The number of rotatable bonds is 3. The number of hydrogen-bond donors (Lipinski definition) is 2. The van der Waals surface area contributed by atoms with E-state index in [1.54, 1.807) is 41.1 Å². The lowest BCUT2D eigenvalue weighted by molar-refractivity contribution is 0.0983. The highest BCUT2D eigenvalue weighted by atomic mass is 35.5. The Morgan fingerprint density at radius 2 is 1.68 bits per heavy atom. The Bertz CT molecular complexity index is 1690. The third-order valence-corrected chi connectivity index (χ3v) is 6.84. The van der Waals surface area contributed by atoms with E-state index in [1.807, 2.05) is 18.7 Å². The maximum Gasteiger partial charge on any atom is 0.278 e. The van der Waals surface area contributed by atoms with Crippen molar-refractivity contribution in [3.05, 3.63) is 101 Å². The molecule has 2 aromatic heterocycles. The van der Waals surface area contributed by atoms with Crippen molar-refractivity contribution >= 4 is 51.2 Å². The largest absolute Gasteiger partial charge is 0.508 e. The van der Waals surface area contributed by atoms with Gasteiger partial charge in [0.2, 0.25) is 0 Å². The van der Waals surface area contributed by atoms with Crippen molar-refractivity contribution in [1.82, 2.24) is 9.38 Å². The van der Waals surface area contributed by atoms with Crippen LogP contribution in [0.3, 0.4) is 0 Å². The normalized spacial score (nSPS) is 11.8. The number of aromatic hydroxyl groups is 1. The fourth-order valence-corrected chi connectivity index (χ4v) is 5.07. The molecular weight excluding hydrogens is 524 g/mol. The number of imidazole rings is 1. The van der Waals surface area contributed by atoms with Crippen LogP contribution in [0.4, 0.5) is 11.4 Å². The van der Waals surface area contributed by atoms with Crippen molar-refractivity contribution in [2.45, 2.75) is 34.1 Å². The number of carbonyl (C=O) groups excluding carboxylic acids is 2. The van der Waals surface area contributed by atoms with Gasteiger partial charge in [-0.2, -0.15) is 0 Å². The Labute approximate surface area is 239 Å². The molecule has 6 rings (SSSR count). The molecule has 0 radical (unpaired) electrons. The number of carbonyl (C=O) groups is 2. The summed E-state index contributed by atoms with van der Waals surface area (Å²) < 4.78 is 1.74. The SMILES string of the molecule is CC.CCl.Cc1cc2c(c3c(C)cccc13)CCN2C(=O)c1cn2cc(NC(=O)c3ccc(O)cc3)ccc2n1. The van der Waals surface area contributed by atoms with E-state index in [4.69, 9.17) is 0 Å². The molecule has 2 amide bonds. The van der Waals surface area contributed by atoms with Crippen LogP contribution in [0.2, 0.25) is 0 Å². The molecular formula is C32H33ClN4O3. The van der Waals surface area contributed by atoms with Crippen LogP contribution in [0.1, 0.15) is 51.4 Å². The second-order valence-electron chi connectivity index (χ2n) is 9.21. The molecule has 7 nitrogen and oxygen atoms in total. The van der Waals surface area contributed by atoms with Crippen LogP contribution in [0.5, 0.6) is 5.75 Å². The second kappa shape index (κ2) is 12.2. The first-order valence-corrected chi connectivity index (χ1v) is 14.0. The monoisotopic (exact) mass is 556 g/mol. The molecule has 3 heterocycles. The van der Waals surface area contributed by atoms with Crippen LogP contribution >= 0.6 is 11.6 Å². The Kier molecular flexibility index (Phi) is 8.75. The number of phenols is 1. The van der Waals surface area contributed by atoms with E-state index in [0.29, 0.717) is 29.1 Å². The van der Waals surface area contributed by atoms with Crippen LogP contribution in [-0.2, 0) is 6.42 Å². The summed E-state index contributed by atoms with van der Waals surface area (Å²) in [5, 5.41) is 14.7. The zero-order chi connectivity index (χ0) is 29.0. The third kappa shape index (κ3) is 5.38. The number of hydrogen-bond acceptors (Lipinski definition) is 4. The lowest BCUT2D eigenvalue weighted by Crippen LogP contribution is -2.29. The quantitative estimate of drug-likeness (QED) is 0.231. The van der Waals surface area contributed by atoms with E-state index in [2.05, 4.69) is 60.0 Å². The Morgan fingerprint density at radius 3 is 2.40 bits per heavy atom. The first-order chi connectivity index (χ1) is 19.4. The molecule has 3 aromatic carbocycles. The van der Waals surface area contributed by atoms with Gasteiger partial charge in [-0.3, -0.25) is 9.59 Å². The van der Waals surface area contributed by atoms with Gasteiger partial charge in [0.05, 0.1) is 5.69 Å². The number of phenolic OH excluding ortho intramolecular Hbond substituents is 1. The summed E-state index contributed by atoms with van der Waals surface area (Å²) in [5.74, 6) is -0.334. The van der Waals surface area contributed by atoms with Gasteiger partial charge in [0.25, 0.3) is 11.8 Å². The van der Waals surface area contributed by atoms with Gasteiger partial charge in [0.15, 0.2) is 0 Å². The average molecular weight is 557 g/mol. The van der Waals surface area contributed by atoms with Gasteiger partial charge in [-0.15, -0.1) is 11.6 Å². The van der Waals surface area contributed by atoms with Gasteiger partial charge in [-0.25, -0.2) is 4.98 Å². The standard InChI is InChI=1S/C29H24N4O3.C2H6.CH3Cl/c1-17-4-3-5-22-18(2)14-25-23(27(17)22)12-13-33(25)29(36)24-16-32-15-20(8-11-26(32)31-24)30-28(35)19-6-9-21(34)10-7-19;2*1-2/h3-11,14-16,34H,12-13H2,1-2H3,(H,30,35);1-2H3;1H3. The van der Waals surface area contributed by atoms with Crippen LogP contribution < -0.4 is 10.2 Å². The number of fused-ring (bicyclic) bond motifs is 4. The number of nitrogens with one attached hydrogen (secondary N) is 1. The number of benzene rings is 3. The molecule has 0 atom stereocenters. The van der Waals surface area contributed by atoms with Crippen molar-refractivity contribution in [3.63, 3.8) is 0 Å². The molecule has 8 heteroatoms. The van der Waals surface area contributed by atoms with E-state index in [9.17, 15) is 14.7 Å². The highest BCUT2D eigenvalue weighted by Crippen LogP contribution is 2.38. The first kappa shape index (κ1) is 28.6. The molecule has 0 saturated heterocycles. The molecule has 40 heavy (non-hydrogen) atoms. The number of amides is 2. The summed E-state index contributed by atoms with van der Waals surface area (Å²) in [5.41, 5.74) is 6.51. The van der Waals surface area contributed by atoms with E-state index in [0.717, 1.165) is 17.7 Å². The third-order valence-electron chi connectivity index (χ3n) is 6.84. The van der Waals surface area contributed by atoms with Gasteiger partial charge in [-0.1, -0.05) is 32.0 Å². The zero-order valence-corrected chi connectivity index (χ0v) is 24.1. The molecule has 206 valence electrons. The van der Waals surface area contributed by atoms with Gasteiger partial charge in [-0.05, 0) is 90.2 Å². The highest BCUT2D eigenvalue weighted by Gasteiger charge is 2.29. The van der Waals surface area contributed by atoms with Crippen molar-refractivity contribution in [1.29, 1.82) is 0 Å². The van der Waals surface area contributed by atoms with E-state index in [1.165, 1.54) is 40.4 Å². The van der Waals surface area contributed by atoms with Crippen LogP contribution in [-0.4, -0.2) is 39.2 Å². The number of pyridine rings is 1. The van der Waals surface area contributed by atoms with Gasteiger partial charge in [0, 0.05) is 36.6 Å². The average Bonchev–Trinajstić information content (AvgIpc) is 3.59. The molecule has 0 bridgehead atoms. The van der Waals surface area contributed by atoms with Crippen LogP contribution in [0.15, 0.2) is 73.1 Å². The molecule has 1 aliphatic heterocycles. The van der Waals surface area contributed by atoms with Crippen molar-refractivity contribution in [2.75, 3.05) is 23.1 Å². The van der Waals surface area contributed by atoms with E-state index in [-0.39, 0.29) is 17.6 Å². The van der Waals surface area contributed by atoms with Crippen LogP contribution in [0, 0.1) is 13.8 Å². The van der Waals surface area contributed by atoms with Crippen LogP contribution in [0.25, 0.3) is 16.4 Å². The van der Waals surface area contributed by atoms with Crippen molar-refractivity contribution in [3.8, 4) is 5.75 Å². The van der Waals surface area contributed by atoms with Gasteiger partial charge in [0.1, 0.15) is 17.1 Å². The fourth-order valence-electron chi connectivity index (χ4n) is 5.07. The van der Waals surface area contributed by atoms with E-state index >= 15 is 0 Å². The maximum atomic E-state index is 13.5. The zero-order valence-electron chi connectivity index (χ0n) is 23.3. The number of alkyl halides is 1. The number of halogens is 1.